The Labute approximate surface area is 120 Å². The smallest absolute Gasteiger partial charge is 0.149 e. The predicted octanol–water partition coefficient (Wildman–Crippen LogP) is 3.56. The Kier molecular flexibility index (Phi) is 4.63. The zero-order chi connectivity index (χ0) is 14.9. The Morgan fingerprint density at radius 2 is 1.65 bits per heavy atom. The van der Waals surface area contributed by atoms with Crippen molar-refractivity contribution in [1.29, 1.82) is 0 Å². The number of rotatable bonds is 4. The van der Waals surface area contributed by atoms with E-state index in [2.05, 4.69) is 19.2 Å². The lowest BCUT2D eigenvalue weighted by atomic mass is 10.0. The van der Waals surface area contributed by atoms with Gasteiger partial charge in [0.05, 0.1) is 0 Å². The third-order valence-electron chi connectivity index (χ3n) is 4.10. The van der Waals surface area contributed by atoms with Crippen molar-refractivity contribution in [3.63, 3.8) is 0 Å². The lowest BCUT2D eigenvalue weighted by Crippen LogP contribution is -2.24. The molecule has 1 N–H and O–H groups in total. The maximum absolute atomic E-state index is 14.2. The van der Waals surface area contributed by atoms with Gasteiger partial charge in [0.1, 0.15) is 17.3 Å². The van der Waals surface area contributed by atoms with Gasteiger partial charge in [-0.25, -0.2) is 8.78 Å². The molecule has 2 nitrogen and oxygen atoms in total. The van der Waals surface area contributed by atoms with E-state index in [9.17, 15) is 8.78 Å². The first-order valence-electron chi connectivity index (χ1n) is 7.34. The molecule has 0 bridgehead atoms. The van der Waals surface area contributed by atoms with Gasteiger partial charge in [-0.05, 0) is 29.5 Å². The van der Waals surface area contributed by atoms with Crippen LogP contribution in [-0.2, 0) is 6.54 Å². The van der Waals surface area contributed by atoms with Crippen molar-refractivity contribution < 1.29 is 8.78 Å². The van der Waals surface area contributed by atoms with Crippen LogP contribution in [0, 0.1) is 23.5 Å². The van der Waals surface area contributed by atoms with Gasteiger partial charge in [0.2, 0.25) is 0 Å². The van der Waals surface area contributed by atoms with Crippen LogP contribution in [0.15, 0.2) is 12.1 Å². The fourth-order valence-corrected chi connectivity index (χ4v) is 2.66. The highest BCUT2D eigenvalue weighted by Crippen LogP contribution is 2.32. The zero-order valence-corrected chi connectivity index (χ0v) is 12.7. The highest BCUT2D eigenvalue weighted by Gasteiger charge is 2.29. The molecule has 0 amide bonds. The molecule has 4 heteroatoms. The molecule has 0 radical (unpaired) electrons. The van der Waals surface area contributed by atoms with Crippen LogP contribution < -0.4 is 10.2 Å². The number of nitrogens with one attached hydrogen (secondary N) is 1. The van der Waals surface area contributed by atoms with E-state index in [-0.39, 0.29) is 5.69 Å². The molecule has 112 valence electrons. The van der Waals surface area contributed by atoms with Crippen LogP contribution in [0.5, 0.6) is 0 Å². The average Bonchev–Trinajstić information content (AvgIpc) is 2.66. The van der Waals surface area contributed by atoms with Crippen LogP contribution >= 0.6 is 0 Å². The topological polar surface area (TPSA) is 15.3 Å². The van der Waals surface area contributed by atoms with E-state index in [4.69, 9.17) is 0 Å². The van der Waals surface area contributed by atoms with Crippen LogP contribution in [0.1, 0.15) is 33.3 Å². The predicted molar refractivity (Wildman–Crippen MR) is 78.9 cm³/mol. The van der Waals surface area contributed by atoms with E-state index in [0.717, 1.165) is 13.1 Å². The molecule has 1 heterocycles. The molecular weight excluding hydrogens is 258 g/mol. The van der Waals surface area contributed by atoms with Gasteiger partial charge in [-0.15, -0.1) is 0 Å². The van der Waals surface area contributed by atoms with Gasteiger partial charge in [0.15, 0.2) is 0 Å². The number of hydrogen-bond donors (Lipinski definition) is 1. The molecule has 0 spiro atoms. The van der Waals surface area contributed by atoms with Gasteiger partial charge in [0.25, 0.3) is 0 Å². The summed E-state index contributed by atoms with van der Waals surface area (Å²) in [6.45, 7) is 10.2. The summed E-state index contributed by atoms with van der Waals surface area (Å²) in [5.74, 6) is 0.0332. The number of hydrogen-bond acceptors (Lipinski definition) is 2. The Morgan fingerprint density at radius 1 is 1.15 bits per heavy atom. The Hall–Kier alpha value is -1.16. The van der Waals surface area contributed by atoms with Crippen molar-refractivity contribution in [3.05, 3.63) is 29.3 Å². The highest BCUT2D eigenvalue weighted by atomic mass is 19.1. The Bertz CT molecular complexity index is 441. The molecule has 0 saturated carbocycles. The lowest BCUT2D eigenvalue weighted by molar-refractivity contribution is 0.494. The SMILES string of the molecule is CC(C)NCc1cc(F)c(N2CC(C)C(C)C2)c(F)c1. The summed E-state index contributed by atoms with van der Waals surface area (Å²) in [6.07, 6.45) is 0. The second-order valence-corrected chi connectivity index (χ2v) is 6.30. The summed E-state index contributed by atoms with van der Waals surface area (Å²) in [7, 11) is 0. The van der Waals surface area contributed by atoms with Gasteiger partial charge < -0.3 is 10.2 Å². The minimum Gasteiger partial charge on any atom is -0.366 e. The number of nitrogens with zero attached hydrogens (tertiary/aromatic N) is 1. The maximum Gasteiger partial charge on any atom is 0.149 e. The molecule has 1 aliphatic rings. The normalized spacial score (nSPS) is 22.9. The fraction of sp³-hybridized carbons (Fsp3) is 0.625. The molecule has 0 aromatic heterocycles. The molecule has 2 atom stereocenters. The van der Waals surface area contributed by atoms with Gasteiger partial charge in [-0.3, -0.25) is 0 Å². The summed E-state index contributed by atoms with van der Waals surface area (Å²) in [5, 5.41) is 3.17. The largest absolute Gasteiger partial charge is 0.366 e. The van der Waals surface area contributed by atoms with Gasteiger partial charge in [0, 0.05) is 25.7 Å². The third kappa shape index (κ3) is 3.29. The van der Waals surface area contributed by atoms with E-state index >= 15 is 0 Å². The quantitative estimate of drug-likeness (QED) is 0.908. The number of halogens is 2. The summed E-state index contributed by atoms with van der Waals surface area (Å²) >= 11 is 0. The number of anilines is 1. The molecule has 1 saturated heterocycles. The van der Waals surface area contributed by atoms with Crippen molar-refractivity contribution in [1.82, 2.24) is 5.32 Å². The Morgan fingerprint density at radius 3 is 2.10 bits per heavy atom. The molecule has 0 aliphatic carbocycles. The lowest BCUT2D eigenvalue weighted by Gasteiger charge is -2.20. The number of benzene rings is 1. The molecule has 2 rings (SSSR count). The van der Waals surface area contributed by atoms with E-state index in [0.29, 0.717) is 30.0 Å². The molecule has 1 aliphatic heterocycles. The van der Waals surface area contributed by atoms with Crippen molar-refractivity contribution in [2.45, 2.75) is 40.3 Å². The summed E-state index contributed by atoms with van der Waals surface area (Å²) in [5.41, 5.74) is 0.784. The monoisotopic (exact) mass is 282 g/mol. The standard InChI is InChI=1S/C16H24F2N2/c1-10(2)19-7-13-5-14(17)16(15(18)6-13)20-8-11(3)12(4)9-20/h5-6,10-12,19H,7-9H2,1-4H3. The first-order valence-corrected chi connectivity index (χ1v) is 7.34. The Balaban J connectivity index is 2.19. The van der Waals surface area contributed by atoms with Crippen molar-refractivity contribution >= 4 is 5.69 Å². The molecule has 20 heavy (non-hydrogen) atoms. The van der Waals surface area contributed by atoms with Crippen LogP contribution in [0.25, 0.3) is 0 Å². The molecular formula is C16H24F2N2. The molecule has 1 fully saturated rings. The van der Waals surface area contributed by atoms with Gasteiger partial charge in [-0.2, -0.15) is 0 Å². The van der Waals surface area contributed by atoms with Crippen LogP contribution in [0.2, 0.25) is 0 Å². The van der Waals surface area contributed by atoms with E-state index < -0.39 is 11.6 Å². The summed E-state index contributed by atoms with van der Waals surface area (Å²) in [4.78, 5) is 1.83. The fourth-order valence-electron chi connectivity index (χ4n) is 2.66. The molecule has 2 unspecified atom stereocenters. The van der Waals surface area contributed by atoms with E-state index in [1.54, 1.807) is 0 Å². The second-order valence-electron chi connectivity index (χ2n) is 6.30. The molecule has 1 aromatic rings. The van der Waals surface area contributed by atoms with Gasteiger partial charge >= 0.3 is 0 Å². The first kappa shape index (κ1) is 15.2. The van der Waals surface area contributed by atoms with Gasteiger partial charge in [-0.1, -0.05) is 27.7 Å². The van der Waals surface area contributed by atoms with Crippen LogP contribution in [0.4, 0.5) is 14.5 Å². The summed E-state index contributed by atoms with van der Waals surface area (Å²) in [6, 6.07) is 3.18. The zero-order valence-electron chi connectivity index (χ0n) is 12.7. The second kappa shape index (κ2) is 6.08. The van der Waals surface area contributed by atoms with Crippen molar-refractivity contribution in [2.75, 3.05) is 18.0 Å². The van der Waals surface area contributed by atoms with Crippen molar-refractivity contribution in [3.8, 4) is 0 Å². The molecule has 1 aromatic carbocycles. The summed E-state index contributed by atoms with van der Waals surface area (Å²) < 4.78 is 28.5. The first-order chi connectivity index (χ1) is 9.38. The highest BCUT2D eigenvalue weighted by molar-refractivity contribution is 5.51. The van der Waals surface area contributed by atoms with Crippen LogP contribution in [0.3, 0.4) is 0 Å². The minimum absolute atomic E-state index is 0.134. The van der Waals surface area contributed by atoms with Crippen molar-refractivity contribution in [2.24, 2.45) is 11.8 Å². The van der Waals surface area contributed by atoms with E-state index in [1.807, 2.05) is 18.7 Å². The average molecular weight is 282 g/mol. The maximum atomic E-state index is 14.2. The minimum atomic E-state index is -0.452. The van der Waals surface area contributed by atoms with Crippen LogP contribution in [-0.4, -0.2) is 19.1 Å². The third-order valence-corrected chi connectivity index (χ3v) is 4.10. The van der Waals surface area contributed by atoms with E-state index in [1.165, 1.54) is 12.1 Å².